The van der Waals surface area contributed by atoms with Crippen molar-refractivity contribution in [2.45, 2.75) is 77.3 Å². The molecule has 1 N–H and O–H groups in total. The number of amides is 1. The van der Waals surface area contributed by atoms with Crippen LogP contribution in [0.15, 0.2) is 30.5 Å². The van der Waals surface area contributed by atoms with Gasteiger partial charge in [-0.3, -0.25) is 4.79 Å². The normalized spacial score (nSPS) is 22.7. The molecule has 1 amide bonds. The molecular weight excluding hydrogens is 358 g/mol. The van der Waals surface area contributed by atoms with Gasteiger partial charge >= 0.3 is 0 Å². The molecule has 2 saturated heterocycles. The van der Waals surface area contributed by atoms with Crippen LogP contribution in [0.3, 0.4) is 0 Å². The van der Waals surface area contributed by atoms with Crippen LogP contribution in [-0.2, 0) is 11.2 Å². The standard InChI is InChI=1S/C25H37N3O/c1-19(2)28-18-21(22-11-3-4-13-24(22)28)9-7-14-25(29)26-17-20-10-8-16-27-15-6-5-12-23(20)27/h3-4,11,13,18-20,23H,5-10,12,14-17H2,1-2H3,(H,26,29)/t20-,23+/m1/s1. The van der Waals surface area contributed by atoms with Crippen molar-refractivity contribution in [2.75, 3.05) is 19.6 Å². The Labute approximate surface area is 175 Å². The van der Waals surface area contributed by atoms with E-state index in [1.54, 1.807) is 0 Å². The van der Waals surface area contributed by atoms with Crippen LogP contribution < -0.4 is 5.32 Å². The number of nitrogens with one attached hydrogen (secondary N) is 1. The van der Waals surface area contributed by atoms with Gasteiger partial charge in [-0.05, 0) is 83.0 Å². The van der Waals surface area contributed by atoms with Crippen molar-refractivity contribution in [1.82, 2.24) is 14.8 Å². The fourth-order valence-electron chi connectivity index (χ4n) is 5.49. The van der Waals surface area contributed by atoms with E-state index in [4.69, 9.17) is 0 Å². The lowest BCUT2D eigenvalue weighted by Crippen LogP contribution is -2.50. The van der Waals surface area contributed by atoms with E-state index in [1.807, 2.05) is 0 Å². The number of piperidine rings is 2. The number of nitrogens with zero attached hydrogens (tertiary/aromatic N) is 2. The average Bonchev–Trinajstić information content (AvgIpc) is 3.11. The van der Waals surface area contributed by atoms with Gasteiger partial charge in [-0.2, -0.15) is 0 Å². The van der Waals surface area contributed by atoms with Crippen LogP contribution in [0.25, 0.3) is 10.9 Å². The molecule has 2 aliphatic rings. The van der Waals surface area contributed by atoms with Gasteiger partial charge in [0.15, 0.2) is 0 Å². The number of benzene rings is 1. The number of aromatic nitrogens is 1. The third-order valence-corrected chi connectivity index (χ3v) is 7.02. The van der Waals surface area contributed by atoms with Gasteiger partial charge in [0.05, 0.1) is 0 Å². The molecule has 2 fully saturated rings. The number of para-hydroxylation sites is 1. The summed E-state index contributed by atoms with van der Waals surface area (Å²) in [6.45, 7) is 7.84. The van der Waals surface area contributed by atoms with E-state index in [2.05, 4.69) is 59.1 Å². The molecule has 2 aliphatic heterocycles. The Morgan fingerprint density at radius 3 is 2.83 bits per heavy atom. The average molecular weight is 396 g/mol. The number of hydrogen-bond donors (Lipinski definition) is 1. The zero-order valence-corrected chi connectivity index (χ0v) is 18.2. The minimum absolute atomic E-state index is 0.227. The molecule has 0 saturated carbocycles. The quantitative estimate of drug-likeness (QED) is 0.722. The van der Waals surface area contributed by atoms with Crippen LogP contribution in [0.5, 0.6) is 0 Å². The lowest BCUT2D eigenvalue weighted by atomic mass is 9.83. The van der Waals surface area contributed by atoms with Gasteiger partial charge < -0.3 is 14.8 Å². The molecular formula is C25H37N3O. The Balaban J connectivity index is 1.27. The highest BCUT2D eigenvalue weighted by molar-refractivity contribution is 5.84. The Hall–Kier alpha value is -1.81. The zero-order chi connectivity index (χ0) is 20.2. The predicted octanol–water partition coefficient (Wildman–Crippen LogP) is 4.93. The fraction of sp³-hybridized carbons (Fsp3) is 0.640. The maximum atomic E-state index is 12.5. The number of carbonyl (C=O) groups excluding carboxylic acids is 1. The Morgan fingerprint density at radius 2 is 1.97 bits per heavy atom. The van der Waals surface area contributed by atoms with E-state index in [0.29, 0.717) is 24.4 Å². The van der Waals surface area contributed by atoms with E-state index in [1.165, 1.54) is 61.7 Å². The summed E-state index contributed by atoms with van der Waals surface area (Å²) in [5, 5.41) is 4.60. The highest BCUT2D eigenvalue weighted by Gasteiger charge is 2.32. The van der Waals surface area contributed by atoms with Gasteiger partial charge in [-0.1, -0.05) is 24.6 Å². The van der Waals surface area contributed by atoms with Gasteiger partial charge in [0.1, 0.15) is 0 Å². The van der Waals surface area contributed by atoms with Crippen LogP contribution in [-0.4, -0.2) is 41.1 Å². The molecule has 0 unspecified atom stereocenters. The van der Waals surface area contributed by atoms with Crippen LogP contribution in [0.2, 0.25) is 0 Å². The topological polar surface area (TPSA) is 37.3 Å². The zero-order valence-electron chi connectivity index (χ0n) is 18.2. The first-order valence-electron chi connectivity index (χ1n) is 11.7. The monoisotopic (exact) mass is 395 g/mol. The van der Waals surface area contributed by atoms with Crippen molar-refractivity contribution in [3.8, 4) is 0 Å². The fourth-order valence-corrected chi connectivity index (χ4v) is 5.49. The largest absolute Gasteiger partial charge is 0.356 e. The lowest BCUT2D eigenvalue weighted by Gasteiger charge is -2.44. The summed E-state index contributed by atoms with van der Waals surface area (Å²) < 4.78 is 2.35. The molecule has 4 rings (SSSR count). The molecule has 0 bridgehead atoms. The Kier molecular flexibility index (Phi) is 6.59. The molecule has 3 heterocycles. The summed E-state index contributed by atoms with van der Waals surface area (Å²) in [5.41, 5.74) is 2.67. The van der Waals surface area contributed by atoms with Gasteiger partial charge in [-0.25, -0.2) is 0 Å². The lowest BCUT2D eigenvalue weighted by molar-refractivity contribution is -0.121. The predicted molar refractivity (Wildman–Crippen MR) is 120 cm³/mol. The summed E-state index contributed by atoms with van der Waals surface area (Å²) in [5.74, 6) is 0.877. The minimum atomic E-state index is 0.227. The van der Waals surface area contributed by atoms with Gasteiger partial charge in [0.25, 0.3) is 0 Å². The molecule has 0 radical (unpaired) electrons. The smallest absolute Gasteiger partial charge is 0.220 e. The maximum Gasteiger partial charge on any atom is 0.220 e. The molecule has 0 aliphatic carbocycles. The molecule has 4 heteroatoms. The third kappa shape index (κ3) is 4.69. The number of aryl methyl sites for hydroxylation is 1. The van der Waals surface area contributed by atoms with E-state index in [-0.39, 0.29) is 5.91 Å². The maximum absolute atomic E-state index is 12.5. The van der Waals surface area contributed by atoms with E-state index >= 15 is 0 Å². The van der Waals surface area contributed by atoms with Crippen LogP contribution >= 0.6 is 0 Å². The molecule has 2 aromatic rings. The second kappa shape index (κ2) is 9.34. The summed E-state index contributed by atoms with van der Waals surface area (Å²) in [7, 11) is 0. The van der Waals surface area contributed by atoms with Crippen molar-refractivity contribution < 1.29 is 4.79 Å². The highest BCUT2D eigenvalue weighted by Crippen LogP contribution is 2.30. The van der Waals surface area contributed by atoms with E-state index in [9.17, 15) is 4.79 Å². The van der Waals surface area contributed by atoms with Crippen LogP contribution in [0, 0.1) is 5.92 Å². The van der Waals surface area contributed by atoms with E-state index in [0.717, 1.165) is 19.4 Å². The van der Waals surface area contributed by atoms with Crippen LogP contribution in [0.1, 0.15) is 70.4 Å². The van der Waals surface area contributed by atoms with E-state index < -0.39 is 0 Å². The van der Waals surface area contributed by atoms with Crippen molar-refractivity contribution in [3.05, 3.63) is 36.0 Å². The molecule has 1 aromatic heterocycles. The summed E-state index contributed by atoms with van der Waals surface area (Å²) >= 11 is 0. The van der Waals surface area contributed by atoms with Gasteiger partial charge in [0.2, 0.25) is 5.91 Å². The SMILES string of the molecule is CC(C)n1cc(CCCC(=O)NC[C@H]2CCCN3CCCC[C@@H]23)c2ccccc21. The number of carbonyl (C=O) groups is 1. The highest BCUT2D eigenvalue weighted by atomic mass is 16.1. The summed E-state index contributed by atoms with van der Waals surface area (Å²) in [4.78, 5) is 15.2. The second-order valence-corrected chi connectivity index (χ2v) is 9.33. The van der Waals surface area contributed by atoms with Gasteiger partial charge in [-0.15, -0.1) is 0 Å². The van der Waals surface area contributed by atoms with Crippen molar-refractivity contribution in [2.24, 2.45) is 5.92 Å². The Morgan fingerprint density at radius 1 is 1.14 bits per heavy atom. The summed E-state index contributed by atoms with van der Waals surface area (Å²) in [6, 6.07) is 9.79. The number of hydrogen-bond acceptors (Lipinski definition) is 2. The number of fused-ring (bicyclic) bond motifs is 2. The van der Waals surface area contributed by atoms with Gasteiger partial charge in [0, 0.05) is 42.1 Å². The summed E-state index contributed by atoms with van der Waals surface area (Å²) in [6.07, 6.45) is 11.4. The molecule has 29 heavy (non-hydrogen) atoms. The second-order valence-electron chi connectivity index (χ2n) is 9.33. The molecule has 158 valence electrons. The minimum Gasteiger partial charge on any atom is -0.356 e. The van der Waals surface area contributed by atoms with Crippen molar-refractivity contribution >= 4 is 16.8 Å². The Bertz CT molecular complexity index is 823. The molecule has 0 spiro atoms. The first-order valence-corrected chi connectivity index (χ1v) is 11.7. The molecule has 1 aromatic carbocycles. The first-order chi connectivity index (χ1) is 14.1. The number of rotatable bonds is 7. The molecule has 2 atom stereocenters. The first kappa shape index (κ1) is 20.5. The van der Waals surface area contributed by atoms with Crippen molar-refractivity contribution in [3.63, 3.8) is 0 Å². The van der Waals surface area contributed by atoms with Crippen LogP contribution in [0.4, 0.5) is 0 Å². The molecule has 4 nitrogen and oxygen atoms in total. The van der Waals surface area contributed by atoms with Crippen molar-refractivity contribution in [1.29, 1.82) is 0 Å². The third-order valence-electron chi connectivity index (χ3n) is 7.02.